The molecule has 0 spiro atoms. The van der Waals surface area contributed by atoms with E-state index in [1.807, 2.05) is 4.90 Å². The van der Waals surface area contributed by atoms with Crippen LogP contribution in [0, 0.1) is 0 Å². The van der Waals surface area contributed by atoms with Crippen LogP contribution in [0.25, 0.3) is 0 Å². The zero-order chi connectivity index (χ0) is 19.3. The lowest BCUT2D eigenvalue weighted by atomic mass is 9.91. The molecule has 5 aliphatic rings. The number of hydrogen-bond donors (Lipinski definition) is 0. The van der Waals surface area contributed by atoms with Gasteiger partial charge in [0.1, 0.15) is 0 Å². The average molecular weight is 377 g/mol. The van der Waals surface area contributed by atoms with E-state index in [-0.39, 0.29) is 0 Å². The number of hydrogen-bond acceptors (Lipinski definition) is 2. The first-order chi connectivity index (χ1) is 13.7. The number of carbonyl (C=O) groups excluding carboxylic acids is 1. The summed E-state index contributed by atoms with van der Waals surface area (Å²) >= 11 is 0. The topological polar surface area (TPSA) is 23.6 Å². The van der Waals surface area contributed by atoms with Gasteiger partial charge in [0, 0.05) is 32.6 Å². The van der Waals surface area contributed by atoms with E-state index in [1.54, 1.807) is 0 Å². The highest BCUT2D eigenvalue weighted by molar-refractivity contribution is 5.76. The number of nitrogens with zero attached hydrogens (tertiary/aromatic N) is 2. The summed E-state index contributed by atoms with van der Waals surface area (Å²) < 4.78 is 0. The second-order valence-electron chi connectivity index (χ2n) is 8.46. The van der Waals surface area contributed by atoms with Crippen LogP contribution in [0.5, 0.6) is 0 Å². The summed E-state index contributed by atoms with van der Waals surface area (Å²) in [6, 6.07) is 16.2. The molecular formula is C25H32N2O. The van der Waals surface area contributed by atoms with E-state index in [2.05, 4.69) is 54.4 Å². The second-order valence-corrected chi connectivity index (χ2v) is 8.46. The maximum Gasteiger partial charge on any atom is 0.222 e. The van der Waals surface area contributed by atoms with Gasteiger partial charge in [-0.15, -0.1) is 0 Å². The van der Waals surface area contributed by atoms with Crippen molar-refractivity contribution < 1.29 is 4.79 Å². The van der Waals surface area contributed by atoms with Crippen molar-refractivity contribution in [3.8, 4) is 0 Å². The summed E-state index contributed by atoms with van der Waals surface area (Å²) in [5, 5.41) is 0. The van der Waals surface area contributed by atoms with Crippen LogP contribution in [0.3, 0.4) is 0 Å². The number of aryl methyl sites for hydroxylation is 5. The summed E-state index contributed by atoms with van der Waals surface area (Å²) in [6.45, 7) is 3.76. The molecule has 1 amide bonds. The van der Waals surface area contributed by atoms with Crippen LogP contribution in [0.1, 0.15) is 40.7 Å². The number of amides is 1. The predicted molar refractivity (Wildman–Crippen MR) is 115 cm³/mol. The molecule has 0 atom stereocenters. The molecule has 1 fully saturated rings. The third kappa shape index (κ3) is 4.82. The van der Waals surface area contributed by atoms with Crippen molar-refractivity contribution in [3.05, 3.63) is 70.3 Å². The van der Waals surface area contributed by atoms with E-state index in [0.717, 1.165) is 64.7 Å². The zero-order valence-electron chi connectivity index (χ0n) is 17.1. The lowest BCUT2D eigenvalue weighted by Crippen LogP contribution is -2.47. The molecule has 2 aromatic rings. The molecule has 2 aromatic carbocycles. The lowest BCUT2D eigenvalue weighted by Gasteiger charge is -2.32. The van der Waals surface area contributed by atoms with Crippen LogP contribution in [0.15, 0.2) is 42.5 Å². The molecule has 4 aliphatic carbocycles. The van der Waals surface area contributed by atoms with E-state index in [0.29, 0.717) is 12.3 Å². The maximum absolute atomic E-state index is 12.5. The van der Waals surface area contributed by atoms with Crippen LogP contribution in [0.2, 0.25) is 0 Å². The highest BCUT2D eigenvalue weighted by Gasteiger charge is 2.18. The summed E-state index contributed by atoms with van der Waals surface area (Å²) in [4.78, 5) is 16.9. The van der Waals surface area contributed by atoms with Gasteiger partial charge in [0.2, 0.25) is 5.91 Å². The van der Waals surface area contributed by atoms with Crippen molar-refractivity contribution in [2.45, 2.75) is 44.9 Å². The van der Waals surface area contributed by atoms with Gasteiger partial charge in [-0.05, 0) is 73.4 Å². The Labute approximate surface area is 169 Å². The molecule has 0 N–H and O–H groups in total. The molecule has 0 saturated carbocycles. The van der Waals surface area contributed by atoms with Crippen LogP contribution >= 0.6 is 0 Å². The van der Waals surface area contributed by atoms with Crippen molar-refractivity contribution in [1.29, 1.82) is 0 Å². The monoisotopic (exact) mass is 376 g/mol. The van der Waals surface area contributed by atoms with Crippen molar-refractivity contribution in [2.24, 2.45) is 0 Å². The molecule has 3 heteroatoms. The molecule has 0 unspecified atom stereocenters. The molecule has 1 aliphatic heterocycles. The highest BCUT2D eigenvalue weighted by atomic mass is 16.2. The van der Waals surface area contributed by atoms with E-state index < -0.39 is 0 Å². The quantitative estimate of drug-likeness (QED) is 0.813. The molecule has 28 heavy (non-hydrogen) atoms. The maximum atomic E-state index is 12.5. The number of benzene rings is 2. The van der Waals surface area contributed by atoms with E-state index in [1.165, 1.54) is 27.8 Å². The van der Waals surface area contributed by atoms with Gasteiger partial charge in [-0.25, -0.2) is 0 Å². The minimum atomic E-state index is 0.333. The molecule has 0 aromatic heterocycles. The Morgan fingerprint density at radius 2 is 1.43 bits per heavy atom. The van der Waals surface area contributed by atoms with E-state index >= 15 is 0 Å². The number of piperazine rings is 1. The van der Waals surface area contributed by atoms with Crippen molar-refractivity contribution in [2.75, 3.05) is 33.2 Å². The fourth-order valence-corrected chi connectivity index (χ4v) is 4.40. The van der Waals surface area contributed by atoms with Crippen molar-refractivity contribution in [1.82, 2.24) is 9.80 Å². The summed E-state index contributed by atoms with van der Waals surface area (Å²) in [5.41, 5.74) is 7.19. The van der Waals surface area contributed by atoms with Gasteiger partial charge < -0.3 is 9.80 Å². The van der Waals surface area contributed by atoms with E-state index in [9.17, 15) is 4.79 Å². The summed E-state index contributed by atoms with van der Waals surface area (Å²) in [7, 11) is 2.13. The fraction of sp³-hybridized carbons (Fsp3) is 0.480. The van der Waals surface area contributed by atoms with Gasteiger partial charge in [-0.1, -0.05) is 42.5 Å². The average Bonchev–Trinajstić information content (AvgIpc) is 2.71. The Balaban J connectivity index is 1.38. The van der Waals surface area contributed by atoms with Gasteiger partial charge in [-0.3, -0.25) is 4.79 Å². The molecule has 4 bridgehead atoms. The Morgan fingerprint density at radius 3 is 2.14 bits per heavy atom. The molecule has 148 valence electrons. The first-order valence-electron chi connectivity index (χ1n) is 10.8. The van der Waals surface area contributed by atoms with Crippen LogP contribution in [-0.2, 0) is 36.9 Å². The van der Waals surface area contributed by atoms with Gasteiger partial charge >= 0.3 is 0 Å². The zero-order valence-corrected chi connectivity index (χ0v) is 17.1. The van der Waals surface area contributed by atoms with Gasteiger partial charge in [-0.2, -0.15) is 0 Å². The molecule has 1 heterocycles. The number of rotatable bonds is 4. The Hall–Kier alpha value is -2.13. The van der Waals surface area contributed by atoms with Crippen LogP contribution in [0.4, 0.5) is 0 Å². The van der Waals surface area contributed by atoms with E-state index in [4.69, 9.17) is 0 Å². The fourth-order valence-electron chi connectivity index (χ4n) is 4.40. The molecule has 7 rings (SSSR count). The third-order valence-corrected chi connectivity index (χ3v) is 6.37. The molecule has 1 saturated heterocycles. The standard InChI is InChI=1S/C25H32N2O/c1-26-15-17-27(18-16-26)25(28)4-2-3-24-19-22-10-9-20-5-7-21(8-6-20)11-13-23(24)14-12-22/h5-8,12,14,19H,2-4,9-11,13,15-18H2,1H3. The van der Waals surface area contributed by atoms with Crippen LogP contribution < -0.4 is 0 Å². The minimum absolute atomic E-state index is 0.333. The van der Waals surface area contributed by atoms with Crippen molar-refractivity contribution in [3.63, 3.8) is 0 Å². The summed E-state index contributed by atoms with van der Waals surface area (Å²) in [5.74, 6) is 0.333. The normalized spacial score (nSPS) is 17.4. The second kappa shape index (κ2) is 8.91. The third-order valence-electron chi connectivity index (χ3n) is 6.37. The Bertz CT molecular complexity index is 804. The predicted octanol–water partition coefficient (Wildman–Crippen LogP) is 3.67. The largest absolute Gasteiger partial charge is 0.340 e. The smallest absolute Gasteiger partial charge is 0.222 e. The Kier molecular flexibility index (Phi) is 6.11. The van der Waals surface area contributed by atoms with Gasteiger partial charge in [0.05, 0.1) is 0 Å². The van der Waals surface area contributed by atoms with Gasteiger partial charge in [0.15, 0.2) is 0 Å². The highest BCUT2D eigenvalue weighted by Crippen LogP contribution is 2.21. The van der Waals surface area contributed by atoms with Crippen LogP contribution in [-0.4, -0.2) is 48.9 Å². The minimum Gasteiger partial charge on any atom is -0.340 e. The molecular weight excluding hydrogens is 344 g/mol. The number of carbonyl (C=O) groups is 1. The SMILES string of the molecule is CN1CCN(C(=O)CCCc2cc3ccc2CCc2ccc(cc2)CC3)CC1. The van der Waals surface area contributed by atoms with Gasteiger partial charge in [0.25, 0.3) is 0 Å². The first kappa shape index (κ1) is 19.2. The van der Waals surface area contributed by atoms with Crippen molar-refractivity contribution >= 4 is 5.91 Å². The lowest BCUT2D eigenvalue weighted by molar-refractivity contribution is -0.132. The molecule has 3 nitrogen and oxygen atoms in total. The Morgan fingerprint density at radius 1 is 0.821 bits per heavy atom. The first-order valence-corrected chi connectivity index (χ1v) is 10.8. The summed E-state index contributed by atoms with van der Waals surface area (Å²) in [6.07, 6.45) is 7.01. The molecule has 0 radical (unpaired) electrons. The number of likely N-dealkylation sites (N-methyl/N-ethyl adjacent to an activating group) is 1.